The van der Waals surface area contributed by atoms with Crippen molar-refractivity contribution < 1.29 is 13.2 Å². The summed E-state index contributed by atoms with van der Waals surface area (Å²) in [4.78, 5) is 14.0. The number of amides is 1. The van der Waals surface area contributed by atoms with Crippen molar-refractivity contribution in [3.63, 3.8) is 0 Å². The van der Waals surface area contributed by atoms with Crippen molar-refractivity contribution in [3.8, 4) is 0 Å². The molecule has 21 heavy (non-hydrogen) atoms. The monoisotopic (exact) mass is 310 g/mol. The summed E-state index contributed by atoms with van der Waals surface area (Å²) in [6.45, 7) is 1.42. The Morgan fingerprint density at radius 1 is 1.33 bits per heavy atom. The Labute approximate surface area is 126 Å². The topological polar surface area (TPSA) is 66.5 Å². The van der Waals surface area contributed by atoms with Crippen LogP contribution in [-0.2, 0) is 14.6 Å². The van der Waals surface area contributed by atoms with Crippen molar-refractivity contribution in [2.45, 2.75) is 12.8 Å². The van der Waals surface area contributed by atoms with E-state index in [0.29, 0.717) is 13.0 Å². The summed E-state index contributed by atoms with van der Waals surface area (Å²) in [5, 5.41) is 2.84. The molecule has 0 spiro atoms. The van der Waals surface area contributed by atoms with Gasteiger partial charge in [-0.05, 0) is 25.0 Å². The highest BCUT2D eigenvalue weighted by Gasteiger charge is 2.32. The average Bonchev–Trinajstić information content (AvgIpc) is 2.84. The Balaban J connectivity index is 1.67. The van der Waals surface area contributed by atoms with Gasteiger partial charge in [-0.3, -0.25) is 4.79 Å². The van der Waals surface area contributed by atoms with Gasteiger partial charge in [-0.25, -0.2) is 8.42 Å². The molecule has 1 N–H and O–H groups in total. The molecule has 0 bridgehead atoms. The summed E-state index contributed by atoms with van der Waals surface area (Å²) in [6.07, 6.45) is 1.29. The number of carbonyl (C=O) groups excluding carboxylic acids is 1. The van der Waals surface area contributed by atoms with E-state index in [2.05, 4.69) is 10.2 Å². The number of nitrogens with one attached hydrogen (secondary N) is 1. The predicted octanol–water partition coefficient (Wildman–Crippen LogP) is 1.06. The standard InChI is InChI=1S/C15H22N2O3S/c1-17(14-6-3-2-4-7-14)10-5-9-16-15(18)13-8-11-21(19,20)12-13/h2-4,6-7,13H,5,8-12H2,1H3,(H,16,18)/t13-/m1/s1. The van der Waals surface area contributed by atoms with E-state index in [1.807, 2.05) is 37.4 Å². The SMILES string of the molecule is CN(CCCNC(=O)[C@@H]1CCS(=O)(=O)C1)c1ccccc1. The van der Waals surface area contributed by atoms with E-state index in [4.69, 9.17) is 0 Å². The molecule has 1 aliphatic rings. The molecule has 1 aromatic carbocycles. The summed E-state index contributed by atoms with van der Waals surface area (Å²) in [6, 6.07) is 10.1. The van der Waals surface area contributed by atoms with Crippen molar-refractivity contribution in [2.75, 3.05) is 36.5 Å². The molecule has 5 nitrogen and oxygen atoms in total. The van der Waals surface area contributed by atoms with Crippen molar-refractivity contribution in [2.24, 2.45) is 5.92 Å². The first-order valence-corrected chi connectivity index (χ1v) is 9.04. The minimum atomic E-state index is -2.99. The molecule has 1 atom stereocenters. The number of benzene rings is 1. The number of carbonyl (C=O) groups is 1. The van der Waals surface area contributed by atoms with Gasteiger partial charge in [0.15, 0.2) is 9.84 Å². The van der Waals surface area contributed by atoms with E-state index in [0.717, 1.165) is 18.7 Å². The minimum absolute atomic E-state index is 0.00273. The van der Waals surface area contributed by atoms with Gasteiger partial charge in [0.25, 0.3) is 0 Å². The first-order chi connectivity index (χ1) is 9.98. The molecule has 6 heteroatoms. The van der Waals surface area contributed by atoms with Crippen LogP contribution in [0.2, 0.25) is 0 Å². The highest BCUT2D eigenvalue weighted by molar-refractivity contribution is 7.91. The van der Waals surface area contributed by atoms with Gasteiger partial charge in [-0.2, -0.15) is 0 Å². The second kappa shape index (κ2) is 6.93. The van der Waals surface area contributed by atoms with Gasteiger partial charge in [-0.15, -0.1) is 0 Å². The number of para-hydroxylation sites is 1. The molecule has 1 saturated heterocycles. The van der Waals surface area contributed by atoms with Crippen LogP contribution in [0.15, 0.2) is 30.3 Å². The Kier molecular flexibility index (Phi) is 5.22. The van der Waals surface area contributed by atoms with E-state index in [1.165, 1.54) is 0 Å². The Hall–Kier alpha value is -1.56. The van der Waals surface area contributed by atoms with Gasteiger partial charge in [0, 0.05) is 25.8 Å². The molecule has 116 valence electrons. The first kappa shape index (κ1) is 15.8. The quantitative estimate of drug-likeness (QED) is 0.798. The fraction of sp³-hybridized carbons (Fsp3) is 0.533. The van der Waals surface area contributed by atoms with Crippen LogP contribution in [0.1, 0.15) is 12.8 Å². The Morgan fingerprint density at radius 3 is 2.67 bits per heavy atom. The van der Waals surface area contributed by atoms with E-state index < -0.39 is 9.84 Å². The lowest BCUT2D eigenvalue weighted by Gasteiger charge is -2.19. The van der Waals surface area contributed by atoms with Gasteiger partial charge in [0.2, 0.25) is 5.91 Å². The number of rotatable bonds is 6. The number of hydrogen-bond acceptors (Lipinski definition) is 4. The molecule has 0 aliphatic carbocycles. The largest absolute Gasteiger partial charge is 0.375 e. The molecular formula is C15H22N2O3S. The zero-order valence-corrected chi connectivity index (χ0v) is 13.1. The molecule has 1 fully saturated rings. The highest BCUT2D eigenvalue weighted by Crippen LogP contribution is 2.18. The number of sulfone groups is 1. The van der Waals surface area contributed by atoms with Gasteiger partial charge >= 0.3 is 0 Å². The van der Waals surface area contributed by atoms with Gasteiger partial charge in [-0.1, -0.05) is 18.2 Å². The fourth-order valence-electron chi connectivity index (χ4n) is 2.49. The Bertz CT molecular complexity index is 572. The fourth-order valence-corrected chi connectivity index (χ4v) is 4.23. The maximum absolute atomic E-state index is 11.9. The first-order valence-electron chi connectivity index (χ1n) is 7.22. The van der Waals surface area contributed by atoms with Crippen molar-refractivity contribution in [1.29, 1.82) is 0 Å². The van der Waals surface area contributed by atoms with Crippen LogP contribution in [0.3, 0.4) is 0 Å². The predicted molar refractivity (Wildman–Crippen MR) is 84.1 cm³/mol. The van der Waals surface area contributed by atoms with Crippen LogP contribution in [0, 0.1) is 5.92 Å². The molecule has 1 amide bonds. The second-order valence-electron chi connectivity index (χ2n) is 5.50. The lowest BCUT2D eigenvalue weighted by molar-refractivity contribution is -0.124. The third-order valence-electron chi connectivity index (χ3n) is 3.77. The van der Waals surface area contributed by atoms with E-state index in [9.17, 15) is 13.2 Å². The third-order valence-corrected chi connectivity index (χ3v) is 5.54. The molecular weight excluding hydrogens is 288 g/mol. The second-order valence-corrected chi connectivity index (χ2v) is 7.73. The van der Waals surface area contributed by atoms with Crippen LogP contribution in [-0.4, -0.2) is 46.0 Å². The molecule has 1 aromatic rings. The third kappa shape index (κ3) is 4.74. The van der Waals surface area contributed by atoms with Gasteiger partial charge in [0.1, 0.15) is 0 Å². The molecule has 1 heterocycles. The summed E-state index contributed by atoms with van der Waals surface area (Å²) in [5.74, 6) is -0.342. The number of anilines is 1. The zero-order valence-electron chi connectivity index (χ0n) is 12.3. The lowest BCUT2D eigenvalue weighted by Crippen LogP contribution is -2.33. The van der Waals surface area contributed by atoms with Crippen molar-refractivity contribution in [1.82, 2.24) is 5.32 Å². The maximum atomic E-state index is 11.9. The normalized spacial score (nSPS) is 20.1. The van der Waals surface area contributed by atoms with Gasteiger partial charge in [0.05, 0.1) is 17.4 Å². The highest BCUT2D eigenvalue weighted by atomic mass is 32.2. The molecule has 0 unspecified atom stereocenters. The van der Waals surface area contributed by atoms with Crippen LogP contribution < -0.4 is 10.2 Å². The summed E-state index contributed by atoms with van der Waals surface area (Å²) in [5.41, 5.74) is 1.14. The van der Waals surface area contributed by atoms with Crippen molar-refractivity contribution >= 4 is 21.4 Å². The maximum Gasteiger partial charge on any atom is 0.224 e. The molecule has 2 rings (SSSR count). The van der Waals surface area contributed by atoms with E-state index in [1.54, 1.807) is 0 Å². The summed E-state index contributed by atoms with van der Waals surface area (Å²) < 4.78 is 22.7. The molecule has 0 saturated carbocycles. The van der Waals surface area contributed by atoms with Crippen LogP contribution in [0.5, 0.6) is 0 Å². The van der Waals surface area contributed by atoms with Crippen LogP contribution in [0.4, 0.5) is 5.69 Å². The smallest absolute Gasteiger partial charge is 0.224 e. The average molecular weight is 310 g/mol. The summed E-state index contributed by atoms with van der Waals surface area (Å²) >= 11 is 0. The molecule has 0 radical (unpaired) electrons. The van der Waals surface area contributed by atoms with Crippen molar-refractivity contribution in [3.05, 3.63) is 30.3 Å². The lowest BCUT2D eigenvalue weighted by atomic mass is 10.1. The van der Waals surface area contributed by atoms with E-state index in [-0.39, 0.29) is 23.3 Å². The van der Waals surface area contributed by atoms with Gasteiger partial charge < -0.3 is 10.2 Å². The number of hydrogen-bond donors (Lipinski definition) is 1. The summed E-state index contributed by atoms with van der Waals surface area (Å²) in [7, 11) is -0.975. The minimum Gasteiger partial charge on any atom is -0.375 e. The molecule has 0 aromatic heterocycles. The number of nitrogens with zero attached hydrogens (tertiary/aromatic N) is 1. The van der Waals surface area contributed by atoms with Crippen LogP contribution >= 0.6 is 0 Å². The van der Waals surface area contributed by atoms with Crippen LogP contribution in [0.25, 0.3) is 0 Å². The Morgan fingerprint density at radius 2 is 2.05 bits per heavy atom. The zero-order chi connectivity index (χ0) is 15.3. The molecule has 1 aliphatic heterocycles. The van der Waals surface area contributed by atoms with E-state index >= 15 is 0 Å².